The number of aromatic nitrogens is 3. The molecule has 0 aliphatic heterocycles. The van der Waals surface area contributed by atoms with Gasteiger partial charge in [-0.2, -0.15) is 0 Å². The molecule has 0 saturated carbocycles. The summed E-state index contributed by atoms with van der Waals surface area (Å²) in [6.07, 6.45) is 1.64. The molecule has 1 heterocycles. The monoisotopic (exact) mass is 256 g/mol. The number of aliphatic carboxylic acids is 1. The van der Waals surface area contributed by atoms with E-state index in [4.69, 9.17) is 10.8 Å². The predicted molar refractivity (Wildman–Crippen MR) is 66.9 cm³/mol. The van der Waals surface area contributed by atoms with Crippen LogP contribution in [0.4, 0.5) is 5.95 Å². The quantitative estimate of drug-likeness (QED) is 0.613. The first-order valence-corrected chi connectivity index (χ1v) is 6.15. The number of thioether (sulfide) groups is 1. The fourth-order valence-corrected chi connectivity index (χ4v) is 2.23. The van der Waals surface area contributed by atoms with E-state index >= 15 is 0 Å². The number of carboxylic acid groups (broad SMARTS) is 1. The van der Waals surface area contributed by atoms with Crippen LogP contribution in [0.3, 0.4) is 0 Å². The molecule has 0 atom stereocenters. The maximum absolute atomic E-state index is 10.6. The number of rotatable bonds is 5. The van der Waals surface area contributed by atoms with Crippen LogP contribution in [0, 0.1) is 0 Å². The topological polar surface area (TPSA) is 94.0 Å². The van der Waals surface area contributed by atoms with Gasteiger partial charge in [-0.25, -0.2) is 4.79 Å². The Morgan fingerprint density at radius 1 is 1.59 bits per heavy atom. The van der Waals surface area contributed by atoms with Gasteiger partial charge in [0, 0.05) is 17.4 Å². The van der Waals surface area contributed by atoms with Crippen LogP contribution < -0.4 is 5.73 Å². The van der Waals surface area contributed by atoms with Gasteiger partial charge in [-0.05, 0) is 20.8 Å². The first kappa shape index (κ1) is 13.6. The normalized spacial score (nSPS) is 12.1. The Morgan fingerprint density at radius 3 is 2.76 bits per heavy atom. The van der Waals surface area contributed by atoms with E-state index in [0.29, 0.717) is 22.4 Å². The van der Waals surface area contributed by atoms with Crippen LogP contribution in [-0.2, 0) is 4.79 Å². The molecule has 1 aromatic rings. The SMILES string of the molecule is CC(=CCSc1nnc(N)n1C(C)C)C(=O)O. The maximum atomic E-state index is 10.6. The van der Waals surface area contributed by atoms with E-state index in [1.54, 1.807) is 13.0 Å². The molecule has 0 fully saturated rings. The van der Waals surface area contributed by atoms with Gasteiger partial charge in [0.05, 0.1) is 0 Å². The zero-order chi connectivity index (χ0) is 13.0. The van der Waals surface area contributed by atoms with Gasteiger partial charge >= 0.3 is 5.97 Å². The highest BCUT2D eigenvalue weighted by Gasteiger charge is 2.12. The number of anilines is 1. The van der Waals surface area contributed by atoms with E-state index in [1.165, 1.54) is 11.8 Å². The van der Waals surface area contributed by atoms with Crippen LogP contribution in [0.15, 0.2) is 16.8 Å². The Morgan fingerprint density at radius 2 is 2.24 bits per heavy atom. The Balaban J connectivity index is 2.70. The highest BCUT2D eigenvalue weighted by atomic mass is 32.2. The molecule has 0 unspecified atom stereocenters. The lowest BCUT2D eigenvalue weighted by atomic mass is 10.3. The smallest absolute Gasteiger partial charge is 0.330 e. The Kier molecular flexibility index (Phi) is 4.56. The van der Waals surface area contributed by atoms with Crippen LogP contribution in [0.5, 0.6) is 0 Å². The zero-order valence-electron chi connectivity index (χ0n) is 10.0. The maximum Gasteiger partial charge on any atom is 0.330 e. The van der Waals surface area contributed by atoms with Gasteiger partial charge in [0.25, 0.3) is 0 Å². The second-order valence-electron chi connectivity index (χ2n) is 3.81. The van der Waals surface area contributed by atoms with E-state index in [-0.39, 0.29) is 6.04 Å². The third-order valence-electron chi connectivity index (χ3n) is 2.15. The Bertz CT molecular complexity index is 440. The summed E-state index contributed by atoms with van der Waals surface area (Å²) in [6.45, 7) is 5.54. The van der Waals surface area contributed by atoms with Crippen LogP contribution in [0.25, 0.3) is 0 Å². The Hall–Kier alpha value is -1.50. The van der Waals surface area contributed by atoms with Crippen molar-refractivity contribution in [3.8, 4) is 0 Å². The molecule has 0 amide bonds. The highest BCUT2D eigenvalue weighted by Crippen LogP contribution is 2.22. The minimum atomic E-state index is -0.907. The van der Waals surface area contributed by atoms with Crippen molar-refractivity contribution >= 4 is 23.7 Å². The second kappa shape index (κ2) is 5.72. The molecule has 0 radical (unpaired) electrons. The summed E-state index contributed by atoms with van der Waals surface area (Å²) in [4.78, 5) is 10.6. The third-order valence-corrected chi connectivity index (χ3v) is 3.02. The van der Waals surface area contributed by atoms with Gasteiger partial charge in [-0.3, -0.25) is 4.57 Å². The molecule has 0 aliphatic carbocycles. The molecule has 6 nitrogen and oxygen atoms in total. The predicted octanol–water partition coefficient (Wildman–Crippen LogP) is 1.56. The van der Waals surface area contributed by atoms with Crippen molar-refractivity contribution in [3.63, 3.8) is 0 Å². The first-order chi connectivity index (χ1) is 7.93. The van der Waals surface area contributed by atoms with Gasteiger partial charge in [0.1, 0.15) is 0 Å². The lowest BCUT2D eigenvalue weighted by Crippen LogP contribution is -2.07. The highest BCUT2D eigenvalue weighted by molar-refractivity contribution is 7.99. The van der Waals surface area contributed by atoms with Gasteiger partial charge in [0.15, 0.2) is 5.16 Å². The summed E-state index contributed by atoms with van der Waals surface area (Å²) in [7, 11) is 0. The van der Waals surface area contributed by atoms with Crippen molar-refractivity contribution in [3.05, 3.63) is 11.6 Å². The molecule has 1 aromatic heterocycles. The van der Waals surface area contributed by atoms with Crippen molar-refractivity contribution in [1.82, 2.24) is 14.8 Å². The van der Waals surface area contributed by atoms with Gasteiger partial charge in [0.2, 0.25) is 5.95 Å². The summed E-state index contributed by atoms with van der Waals surface area (Å²) in [5, 5.41) is 17.2. The standard InChI is InChI=1S/C10H16N4O2S/c1-6(2)14-9(11)12-13-10(14)17-5-4-7(3)8(15)16/h4,6H,5H2,1-3H3,(H2,11,12)(H,15,16). The fourth-order valence-electron chi connectivity index (χ4n) is 1.20. The Labute approximate surface area is 104 Å². The van der Waals surface area contributed by atoms with Crippen molar-refractivity contribution in [2.75, 3.05) is 11.5 Å². The minimum absolute atomic E-state index is 0.178. The molecular formula is C10H16N4O2S. The number of hydrogen-bond acceptors (Lipinski definition) is 5. The van der Waals surface area contributed by atoms with Crippen molar-refractivity contribution in [1.29, 1.82) is 0 Å². The number of carbonyl (C=O) groups is 1. The minimum Gasteiger partial charge on any atom is -0.478 e. The van der Waals surface area contributed by atoms with Crippen LogP contribution in [0.2, 0.25) is 0 Å². The molecule has 0 spiro atoms. The van der Waals surface area contributed by atoms with Crippen LogP contribution in [-0.4, -0.2) is 31.6 Å². The number of nitrogens with zero attached hydrogens (tertiary/aromatic N) is 3. The molecule has 94 valence electrons. The summed E-state index contributed by atoms with van der Waals surface area (Å²) < 4.78 is 1.81. The van der Waals surface area contributed by atoms with Crippen LogP contribution in [0.1, 0.15) is 26.8 Å². The summed E-state index contributed by atoms with van der Waals surface area (Å²) in [5.41, 5.74) is 6.01. The zero-order valence-corrected chi connectivity index (χ0v) is 10.9. The molecule has 0 aromatic carbocycles. The lowest BCUT2D eigenvalue weighted by Gasteiger charge is -2.10. The molecule has 0 saturated heterocycles. The summed E-state index contributed by atoms with van der Waals surface area (Å²) in [6, 6.07) is 0.178. The summed E-state index contributed by atoms with van der Waals surface area (Å²) in [5.74, 6) is 0.0000708. The van der Waals surface area contributed by atoms with Crippen molar-refractivity contribution in [2.24, 2.45) is 0 Å². The molecule has 17 heavy (non-hydrogen) atoms. The van der Waals surface area contributed by atoms with E-state index in [9.17, 15) is 4.79 Å². The van der Waals surface area contributed by atoms with Gasteiger partial charge in [-0.1, -0.05) is 17.8 Å². The van der Waals surface area contributed by atoms with E-state index < -0.39 is 5.97 Å². The van der Waals surface area contributed by atoms with E-state index in [1.807, 2.05) is 18.4 Å². The molecule has 3 N–H and O–H groups in total. The molecular weight excluding hydrogens is 240 g/mol. The average molecular weight is 256 g/mol. The first-order valence-electron chi connectivity index (χ1n) is 5.16. The molecule has 0 bridgehead atoms. The van der Waals surface area contributed by atoms with Crippen molar-refractivity contribution < 1.29 is 9.90 Å². The van der Waals surface area contributed by atoms with Gasteiger partial charge < -0.3 is 10.8 Å². The van der Waals surface area contributed by atoms with E-state index in [2.05, 4.69) is 10.2 Å². The second-order valence-corrected chi connectivity index (χ2v) is 4.79. The molecule has 7 heteroatoms. The molecule has 1 rings (SSSR count). The largest absolute Gasteiger partial charge is 0.478 e. The molecule has 0 aliphatic rings. The average Bonchev–Trinajstić information content (AvgIpc) is 2.59. The fraction of sp³-hybridized carbons (Fsp3) is 0.500. The van der Waals surface area contributed by atoms with Crippen molar-refractivity contribution in [2.45, 2.75) is 32.0 Å². The van der Waals surface area contributed by atoms with Gasteiger partial charge in [-0.15, -0.1) is 10.2 Å². The third kappa shape index (κ3) is 3.48. The summed E-state index contributed by atoms with van der Waals surface area (Å²) >= 11 is 1.41. The number of nitrogens with two attached hydrogens (primary N) is 1. The lowest BCUT2D eigenvalue weighted by molar-refractivity contribution is -0.132. The number of carboxylic acids is 1. The number of hydrogen-bond donors (Lipinski definition) is 2. The number of nitrogen functional groups attached to an aromatic ring is 1. The van der Waals surface area contributed by atoms with E-state index in [0.717, 1.165) is 0 Å². The van der Waals surface area contributed by atoms with Crippen LogP contribution >= 0.6 is 11.8 Å².